The lowest BCUT2D eigenvalue weighted by molar-refractivity contribution is -0.138. The van der Waals surface area contributed by atoms with Crippen molar-refractivity contribution in [1.82, 2.24) is 4.90 Å². The van der Waals surface area contributed by atoms with Crippen molar-refractivity contribution < 1.29 is 26.7 Å². The van der Waals surface area contributed by atoms with Gasteiger partial charge in [0.25, 0.3) is 5.91 Å². The van der Waals surface area contributed by atoms with E-state index in [1.165, 1.54) is 17.0 Å². The van der Waals surface area contributed by atoms with Crippen molar-refractivity contribution in [2.24, 2.45) is 0 Å². The molecule has 0 unspecified atom stereocenters. The molecule has 4 rings (SSSR count). The molecular weight excluding hydrogens is 429 g/mol. The summed E-state index contributed by atoms with van der Waals surface area (Å²) in [6.45, 7) is 0.829. The fourth-order valence-electron chi connectivity index (χ4n) is 4.67. The molecule has 0 bridgehead atoms. The maximum atomic E-state index is 14.3. The van der Waals surface area contributed by atoms with Crippen LogP contribution in [0.1, 0.15) is 40.7 Å². The minimum Gasteiger partial charge on any atom is -0.307 e. The largest absolute Gasteiger partial charge is 0.390 e. The smallest absolute Gasteiger partial charge is 0.307 e. The summed E-state index contributed by atoms with van der Waals surface area (Å²) in [7, 11) is 0. The molecule has 1 saturated heterocycles. The molecule has 4 nitrogen and oxygen atoms in total. The molecule has 2 aliphatic heterocycles. The fourth-order valence-corrected chi connectivity index (χ4v) is 4.67. The van der Waals surface area contributed by atoms with Crippen molar-refractivity contribution in [2.75, 3.05) is 31.1 Å². The first-order chi connectivity index (χ1) is 15.1. The number of carbonyl (C=O) groups excluding carboxylic acids is 1. The summed E-state index contributed by atoms with van der Waals surface area (Å²) in [5.41, 5.74) is 0.336. The lowest BCUT2D eigenvalue weighted by atomic mass is 9.74. The summed E-state index contributed by atoms with van der Waals surface area (Å²) in [4.78, 5) is 16.2. The number of halogens is 5. The molecule has 0 N–H and O–H groups in total. The highest BCUT2D eigenvalue weighted by atomic mass is 19.4. The molecule has 32 heavy (non-hydrogen) atoms. The Labute approximate surface area is 181 Å². The molecule has 0 radical (unpaired) electrons. The van der Waals surface area contributed by atoms with E-state index in [1.54, 1.807) is 17.0 Å². The van der Waals surface area contributed by atoms with Crippen LogP contribution in [0.25, 0.3) is 0 Å². The Hall–Kier alpha value is -2.99. The van der Waals surface area contributed by atoms with Crippen LogP contribution in [0.3, 0.4) is 0 Å². The second kappa shape index (κ2) is 8.17. The van der Waals surface area contributed by atoms with Gasteiger partial charge in [0, 0.05) is 24.2 Å². The first-order valence-electron chi connectivity index (χ1n) is 10.2. The van der Waals surface area contributed by atoms with Gasteiger partial charge >= 0.3 is 6.18 Å². The quantitative estimate of drug-likeness (QED) is 0.634. The van der Waals surface area contributed by atoms with E-state index in [9.17, 15) is 32.0 Å². The highest BCUT2D eigenvalue weighted by molar-refractivity contribution is 6.08. The Morgan fingerprint density at radius 2 is 1.75 bits per heavy atom. The zero-order chi connectivity index (χ0) is 23.1. The zero-order valence-corrected chi connectivity index (χ0v) is 17.1. The van der Waals surface area contributed by atoms with Gasteiger partial charge in [-0.15, -0.1) is 0 Å². The van der Waals surface area contributed by atoms with Crippen molar-refractivity contribution in [3.63, 3.8) is 0 Å². The molecule has 1 spiro atoms. The highest BCUT2D eigenvalue weighted by Gasteiger charge is 2.47. The molecule has 0 saturated carbocycles. The molecule has 0 aliphatic carbocycles. The van der Waals surface area contributed by atoms with Gasteiger partial charge in [0.15, 0.2) is 0 Å². The van der Waals surface area contributed by atoms with Gasteiger partial charge in [-0.3, -0.25) is 4.79 Å². The molecule has 2 aromatic carbocycles. The number of carbonyl (C=O) groups is 1. The van der Waals surface area contributed by atoms with Crippen molar-refractivity contribution in [1.29, 1.82) is 5.26 Å². The molecule has 1 amide bonds. The van der Waals surface area contributed by atoms with Crippen LogP contribution in [-0.4, -0.2) is 43.2 Å². The van der Waals surface area contributed by atoms with E-state index in [0.29, 0.717) is 37.2 Å². The van der Waals surface area contributed by atoms with Gasteiger partial charge in [-0.2, -0.15) is 18.4 Å². The van der Waals surface area contributed by atoms with Gasteiger partial charge < -0.3 is 9.80 Å². The summed E-state index contributed by atoms with van der Waals surface area (Å²) >= 11 is 0. The predicted octanol–water partition coefficient (Wildman–Crippen LogP) is 4.78. The number of fused-ring (bicyclic) bond motifs is 2. The van der Waals surface area contributed by atoms with Gasteiger partial charge in [0.1, 0.15) is 17.2 Å². The summed E-state index contributed by atoms with van der Waals surface area (Å²) in [6, 6.07) is 10.1. The Kier molecular flexibility index (Phi) is 5.67. The summed E-state index contributed by atoms with van der Waals surface area (Å²) in [6.07, 6.45) is -4.19. The lowest BCUT2D eigenvalue weighted by Gasteiger charge is -2.40. The number of nitrogens with zero attached hydrogens (tertiary/aromatic N) is 3. The van der Waals surface area contributed by atoms with Crippen LogP contribution in [0, 0.1) is 23.0 Å². The van der Waals surface area contributed by atoms with E-state index in [1.807, 2.05) is 0 Å². The SMILES string of the molecule is N#Cc1ccc2c(c1)C1(CCN(CCC(F)(F)F)CC1)CN2C(=O)c1c(F)cccc1F. The second-order valence-electron chi connectivity index (χ2n) is 8.32. The van der Waals surface area contributed by atoms with Crippen LogP contribution in [0.15, 0.2) is 36.4 Å². The standard InChI is InChI=1S/C23H20F5N3O/c24-17-2-1-3-18(25)20(17)21(32)31-14-22(16-12-15(13-29)4-5-19(16)31)6-9-30(10-7-22)11-8-23(26,27)28/h1-5,12H,6-11,14H2. The molecular formula is C23H20F5N3O. The van der Waals surface area contributed by atoms with Crippen LogP contribution in [-0.2, 0) is 5.41 Å². The van der Waals surface area contributed by atoms with Crippen LogP contribution < -0.4 is 4.90 Å². The Morgan fingerprint density at radius 1 is 1.09 bits per heavy atom. The lowest BCUT2D eigenvalue weighted by Crippen LogP contribution is -2.46. The summed E-state index contributed by atoms with van der Waals surface area (Å²) < 4.78 is 66.3. The number of hydrogen-bond acceptors (Lipinski definition) is 3. The second-order valence-corrected chi connectivity index (χ2v) is 8.32. The molecule has 2 heterocycles. The highest BCUT2D eigenvalue weighted by Crippen LogP contribution is 2.48. The summed E-state index contributed by atoms with van der Waals surface area (Å²) in [5, 5.41) is 9.33. The number of rotatable bonds is 3. The maximum absolute atomic E-state index is 14.3. The molecule has 2 aromatic rings. The Bertz CT molecular complexity index is 1060. The Morgan fingerprint density at radius 3 is 2.34 bits per heavy atom. The number of benzene rings is 2. The number of alkyl halides is 3. The van der Waals surface area contributed by atoms with Crippen LogP contribution in [0.5, 0.6) is 0 Å². The molecule has 2 aliphatic rings. The van der Waals surface area contributed by atoms with E-state index in [2.05, 4.69) is 6.07 Å². The van der Waals surface area contributed by atoms with Crippen molar-refractivity contribution in [3.05, 3.63) is 64.7 Å². The van der Waals surface area contributed by atoms with Gasteiger partial charge in [-0.25, -0.2) is 8.78 Å². The van der Waals surface area contributed by atoms with Crippen molar-refractivity contribution in [2.45, 2.75) is 30.9 Å². The average Bonchev–Trinajstić information content (AvgIpc) is 3.06. The van der Waals surface area contributed by atoms with E-state index in [4.69, 9.17) is 0 Å². The summed E-state index contributed by atoms with van der Waals surface area (Å²) in [5.74, 6) is -2.75. The van der Waals surface area contributed by atoms with Gasteiger partial charge in [0.05, 0.1) is 18.1 Å². The van der Waals surface area contributed by atoms with Crippen molar-refractivity contribution >= 4 is 11.6 Å². The monoisotopic (exact) mass is 449 g/mol. The topological polar surface area (TPSA) is 47.3 Å². The Balaban J connectivity index is 1.64. The molecule has 9 heteroatoms. The third-order valence-corrected chi connectivity index (χ3v) is 6.40. The number of nitriles is 1. The molecule has 0 atom stereocenters. The van der Waals surface area contributed by atoms with Crippen LogP contribution in [0.2, 0.25) is 0 Å². The number of amides is 1. The van der Waals surface area contributed by atoms with E-state index >= 15 is 0 Å². The predicted molar refractivity (Wildman–Crippen MR) is 107 cm³/mol. The number of anilines is 1. The first-order valence-corrected chi connectivity index (χ1v) is 10.2. The third kappa shape index (κ3) is 4.07. The molecule has 168 valence electrons. The van der Waals surface area contributed by atoms with E-state index < -0.39 is 41.1 Å². The fraction of sp³-hybridized carbons (Fsp3) is 0.391. The van der Waals surface area contributed by atoms with Gasteiger partial charge in [-0.1, -0.05) is 6.07 Å². The van der Waals surface area contributed by atoms with Gasteiger partial charge in [-0.05, 0) is 61.8 Å². The zero-order valence-electron chi connectivity index (χ0n) is 17.1. The van der Waals surface area contributed by atoms with E-state index in [0.717, 1.165) is 17.7 Å². The van der Waals surface area contributed by atoms with Gasteiger partial charge in [0.2, 0.25) is 0 Å². The van der Waals surface area contributed by atoms with E-state index in [-0.39, 0.29) is 13.1 Å². The number of likely N-dealkylation sites (tertiary alicyclic amines) is 1. The average molecular weight is 449 g/mol. The first kappa shape index (κ1) is 22.2. The minimum atomic E-state index is -4.23. The third-order valence-electron chi connectivity index (χ3n) is 6.40. The minimum absolute atomic E-state index is 0.103. The number of piperidine rings is 1. The van der Waals surface area contributed by atoms with Crippen LogP contribution >= 0.6 is 0 Å². The molecule has 1 fully saturated rings. The van der Waals surface area contributed by atoms with Crippen molar-refractivity contribution in [3.8, 4) is 6.07 Å². The maximum Gasteiger partial charge on any atom is 0.390 e. The van der Waals surface area contributed by atoms with Crippen LogP contribution in [0.4, 0.5) is 27.6 Å². The normalized spacial score (nSPS) is 17.9. The molecule has 0 aromatic heterocycles. The number of hydrogen-bond donors (Lipinski definition) is 0.